The molecule has 128 valence electrons. The Morgan fingerprint density at radius 1 is 1.38 bits per heavy atom. The molecule has 0 aliphatic heterocycles. The number of urea groups is 1. The van der Waals surface area contributed by atoms with Gasteiger partial charge in [-0.3, -0.25) is 4.68 Å². The number of para-hydroxylation sites is 2. The van der Waals surface area contributed by atoms with E-state index in [0.717, 1.165) is 17.7 Å². The highest BCUT2D eigenvalue weighted by molar-refractivity contribution is 5.91. The third kappa shape index (κ3) is 4.62. The van der Waals surface area contributed by atoms with Crippen LogP contribution in [0.4, 0.5) is 10.5 Å². The number of benzene rings is 1. The maximum atomic E-state index is 12.4. The van der Waals surface area contributed by atoms with Crippen molar-refractivity contribution < 1.29 is 9.53 Å². The fraction of sp³-hybridized carbons (Fsp3) is 0.333. The lowest BCUT2D eigenvalue weighted by Gasteiger charge is -2.19. The van der Waals surface area contributed by atoms with E-state index in [1.165, 1.54) is 0 Å². The van der Waals surface area contributed by atoms with Crippen molar-refractivity contribution in [2.75, 3.05) is 11.9 Å². The monoisotopic (exact) mass is 328 g/mol. The minimum atomic E-state index is -0.283. The van der Waals surface area contributed by atoms with Gasteiger partial charge in [0.15, 0.2) is 0 Å². The van der Waals surface area contributed by atoms with Crippen LogP contribution in [-0.2, 0) is 7.05 Å². The molecule has 1 aromatic carbocycles. The number of carbonyl (C=O) groups is 1. The molecule has 0 fully saturated rings. The number of aryl methyl sites for hydroxylation is 1. The van der Waals surface area contributed by atoms with Gasteiger partial charge in [0.2, 0.25) is 0 Å². The summed E-state index contributed by atoms with van der Waals surface area (Å²) in [6.45, 7) is 8.13. The smallest absolute Gasteiger partial charge is 0.319 e. The van der Waals surface area contributed by atoms with Crippen LogP contribution in [0, 0.1) is 0 Å². The Balaban J connectivity index is 2.04. The van der Waals surface area contributed by atoms with Crippen LogP contribution < -0.4 is 15.4 Å². The molecule has 0 aliphatic rings. The number of rotatable bonds is 7. The molecule has 1 aromatic heterocycles. The Bertz CT molecular complexity index is 709. The third-order valence-corrected chi connectivity index (χ3v) is 3.54. The van der Waals surface area contributed by atoms with Crippen LogP contribution in [0.1, 0.15) is 32.0 Å². The number of hydrogen-bond acceptors (Lipinski definition) is 3. The average molecular weight is 328 g/mol. The van der Waals surface area contributed by atoms with Gasteiger partial charge in [-0.05, 0) is 37.1 Å². The quantitative estimate of drug-likeness (QED) is 0.762. The van der Waals surface area contributed by atoms with Gasteiger partial charge in [-0.25, -0.2) is 4.79 Å². The summed E-state index contributed by atoms with van der Waals surface area (Å²) in [5.41, 5.74) is 2.49. The van der Waals surface area contributed by atoms with E-state index in [4.69, 9.17) is 4.74 Å². The van der Waals surface area contributed by atoms with Crippen molar-refractivity contribution in [2.24, 2.45) is 7.05 Å². The second kappa shape index (κ2) is 8.19. The van der Waals surface area contributed by atoms with E-state index in [-0.39, 0.29) is 12.1 Å². The first-order chi connectivity index (χ1) is 11.5. The van der Waals surface area contributed by atoms with Crippen molar-refractivity contribution in [3.05, 3.63) is 54.4 Å². The number of hydrogen-bond donors (Lipinski definition) is 2. The molecule has 1 heterocycles. The SMILES string of the molecule is C=C(C)COc1ccccc1NC(=O)N[C@@H](CC)c1ccnn1C. The molecule has 0 saturated carbocycles. The summed E-state index contributed by atoms with van der Waals surface area (Å²) < 4.78 is 7.43. The average Bonchev–Trinajstić information content (AvgIpc) is 2.97. The van der Waals surface area contributed by atoms with Crippen LogP contribution in [0.5, 0.6) is 5.75 Å². The van der Waals surface area contributed by atoms with Gasteiger partial charge < -0.3 is 15.4 Å². The molecule has 0 bridgehead atoms. The van der Waals surface area contributed by atoms with E-state index >= 15 is 0 Å². The molecular weight excluding hydrogens is 304 g/mol. The molecule has 6 nitrogen and oxygen atoms in total. The van der Waals surface area contributed by atoms with E-state index in [1.54, 1.807) is 16.9 Å². The minimum absolute atomic E-state index is 0.110. The summed E-state index contributed by atoms with van der Waals surface area (Å²) >= 11 is 0. The van der Waals surface area contributed by atoms with E-state index < -0.39 is 0 Å². The molecular formula is C18H24N4O2. The molecule has 0 spiro atoms. The van der Waals surface area contributed by atoms with Gasteiger partial charge in [0.05, 0.1) is 17.4 Å². The van der Waals surface area contributed by atoms with E-state index in [0.29, 0.717) is 18.0 Å². The maximum absolute atomic E-state index is 12.4. The van der Waals surface area contributed by atoms with Gasteiger partial charge in [-0.2, -0.15) is 5.10 Å². The highest BCUT2D eigenvalue weighted by Gasteiger charge is 2.16. The van der Waals surface area contributed by atoms with E-state index in [2.05, 4.69) is 22.3 Å². The summed E-state index contributed by atoms with van der Waals surface area (Å²) in [6.07, 6.45) is 2.49. The van der Waals surface area contributed by atoms with Crippen molar-refractivity contribution in [3.8, 4) is 5.75 Å². The third-order valence-electron chi connectivity index (χ3n) is 3.54. The number of nitrogens with zero attached hydrogens (tertiary/aromatic N) is 2. The summed E-state index contributed by atoms with van der Waals surface area (Å²) in [7, 11) is 1.86. The number of amides is 2. The lowest BCUT2D eigenvalue weighted by atomic mass is 10.1. The molecule has 2 rings (SSSR count). The number of aromatic nitrogens is 2. The summed E-state index contributed by atoms with van der Waals surface area (Å²) in [5.74, 6) is 0.615. The fourth-order valence-corrected chi connectivity index (χ4v) is 2.32. The zero-order valence-electron chi connectivity index (χ0n) is 14.4. The van der Waals surface area contributed by atoms with Crippen LogP contribution in [0.25, 0.3) is 0 Å². The molecule has 2 N–H and O–H groups in total. The predicted molar refractivity (Wildman–Crippen MR) is 95.1 cm³/mol. The minimum Gasteiger partial charge on any atom is -0.487 e. The molecule has 1 atom stereocenters. The first kappa shape index (κ1) is 17.6. The highest BCUT2D eigenvalue weighted by Crippen LogP contribution is 2.24. The number of ether oxygens (including phenoxy) is 1. The Labute approximate surface area is 142 Å². The van der Waals surface area contributed by atoms with Gasteiger partial charge in [0, 0.05) is 13.2 Å². The maximum Gasteiger partial charge on any atom is 0.319 e. The largest absolute Gasteiger partial charge is 0.487 e. The predicted octanol–water partition coefficient (Wildman–Crippen LogP) is 3.65. The molecule has 24 heavy (non-hydrogen) atoms. The van der Waals surface area contributed by atoms with Crippen LogP contribution in [0.2, 0.25) is 0 Å². The summed E-state index contributed by atoms with van der Waals surface area (Å²) in [5, 5.41) is 9.96. The molecule has 0 saturated heterocycles. The van der Waals surface area contributed by atoms with Gasteiger partial charge in [-0.15, -0.1) is 0 Å². The first-order valence-corrected chi connectivity index (χ1v) is 7.93. The second-order valence-electron chi connectivity index (χ2n) is 5.68. The van der Waals surface area contributed by atoms with E-state index in [1.807, 2.05) is 45.2 Å². The highest BCUT2D eigenvalue weighted by atomic mass is 16.5. The number of nitrogens with one attached hydrogen (secondary N) is 2. The molecule has 0 radical (unpaired) electrons. The Kier molecular flexibility index (Phi) is 6.01. The Morgan fingerprint density at radius 2 is 2.12 bits per heavy atom. The van der Waals surface area contributed by atoms with Crippen molar-refractivity contribution >= 4 is 11.7 Å². The lowest BCUT2D eigenvalue weighted by molar-refractivity contribution is 0.247. The summed E-state index contributed by atoms with van der Waals surface area (Å²) in [6, 6.07) is 8.84. The molecule has 6 heteroatoms. The van der Waals surface area contributed by atoms with Crippen LogP contribution in [0.3, 0.4) is 0 Å². The Morgan fingerprint density at radius 3 is 2.75 bits per heavy atom. The van der Waals surface area contributed by atoms with Crippen LogP contribution >= 0.6 is 0 Å². The Hall–Kier alpha value is -2.76. The zero-order valence-corrected chi connectivity index (χ0v) is 14.4. The van der Waals surface area contributed by atoms with Gasteiger partial charge in [-0.1, -0.05) is 25.6 Å². The normalized spacial score (nSPS) is 11.6. The number of anilines is 1. The lowest BCUT2D eigenvalue weighted by Crippen LogP contribution is -2.33. The zero-order chi connectivity index (χ0) is 17.5. The number of carbonyl (C=O) groups excluding carboxylic acids is 1. The van der Waals surface area contributed by atoms with Gasteiger partial charge in [0.25, 0.3) is 0 Å². The van der Waals surface area contributed by atoms with Gasteiger partial charge in [0.1, 0.15) is 12.4 Å². The molecule has 2 amide bonds. The molecule has 2 aromatic rings. The van der Waals surface area contributed by atoms with Gasteiger partial charge >= 0.3 is 6.03 Å². The second-order valence-corrected chi connectivity index (χ2v) is 5.68. The molecule has 0 unspecified atom stereocenters. The van der Waals surface area contributed by atoms with Crippen molar-refractivity contribution in [3.63, 3.8) is 0 Å². The van der Waals surface area contributed by atoms with Crippen molar-refractivity contribution in [1.29, 1.82) is 0 Å². The topological polar surface area (TPSA) is 68.2 Å². The first-order valence-electron chi connectivity index (χ1n) is 7.93. The molecule has 0 aliphatic carbocycles. The van der Waals surface area contributed by atoms with Crippen molar-refractivity contribution in [2.45, 2.75) is 26.3 Å². The van der Waals surface area contributed by atoms with Crippen LogP contribution in [-0.4, -0.2) is 22.4 Å². The van der Waals surface area contributed by atoms with Crippen LogP contribution in [0.15, 0.2) is 48.7 Å². The van der Waals surface area contributed by atoms with E-state index in [9.17, 15) is 4.79 Å². The summed E-state index contributed by atoms with van der Waals surface area (Å²) in [4.78, 5) is 12.4. The van der Waals surface area contributed by atoms with Crippen molar-refractivity contribution in [1.82, 2.24) is 15.1 Å². The standard InChI is InChI=1S/C18H24N4O2/c1-5-14(16-10-11-19-22(16)4)20-18(23)21-15-8-6-7-9-17(15)24-12-13(2)3/h6-11,14H,2,5,12H2,1,3-4H3,(H2,20,21,23)/t14-/m0/s1. The fourth-order valence-electron chi connectivity index (χ4n) is 2.32.